The van der Waals surface area contributed by atoms with Crippen molar-refractivity contribution >= 4 is 22.4 Å². The van der Waals surface area contributed by atoms with E-state index in [-0.39, 0.29) is 22.7 Å². The molecule has 0 bridgehead atoms. The second-order valence-electron chi connectivity index (χ2n) is 9.82. The van der Waals surface area contributed by atoms with Crippen molar-refractivity contribution in [3.05, 3.63) is 70.2 Å². The van der Waals surface area contributed by atoms with Gasteiger partial charge in [0.1, 0.15) is 11.5 Å². The van der Waals surface area contributed by atoms with Crippen LogP contribution in [0.3, 0.4) is 0 Å². The van der Waals surface area contributed by atoms with Gasteiger partial charge in [0.2, 0.25) is 0 Å². The van der Waals surface area contributed by atoms with Crippen molar-refractivity contribution in [2.24, 2.45) is 5.92 Å². The van der Waals surface area contributed by atoms with Gasteiger partial charge in [-0.1, -0.05) is 6.07 Å². The fraction of sp³-hybridized carbons (Fsp3) is 0.423. The lowest BCUT2D eigenvalue weighted by Crippen LogP contribution is -2.50. The summed E-state index contributed by atoms with van der Waals surface area (Å²) in [5.74, 6) is -0.00184. The second kappa shape index (κ2) is 7.91. The molecule has 6 rings (SSSR count). The van der Waals surface area contributed by atoms with Crippen LogP contribution in [-0.2, 0) is 5.41 Å². The number of H-pyrrole nitrogens is 1. The summed E-state index contributed by atoms with van der Waals surface area (Å²) in [6.07, 6.45) is 5.10. The number of amides is 1. The zero-order chi connectivity index (χ0) is 23.4. The number of nitrogens with zero attached hydrogens (tertiary/aromatic N) is 3. The molecule has 34 heavy (non-hydrogen) atoms. The van der Waals surface area contributed by atoms with Gasteiger partial charge in [-0.25, -0.2) is 9.37 Å². The Kier molecular flexibility index (Phi) is 4.95. The Balaban J connectivity index is 1.13. The fourth-order valence-electron chi connectivity index (χ4n) is 6.26. The SMILES string of the molecule is CNC(=O)c1ccc(N2CCN([C@H]3CCC4(c5cc6ccc(F)cc6c(=O)[nH]5)C[C@@H]34)CC2)cn1. The average Bonchev–Trinajstić information content (AvgIpc) is 3.49. The summed E-state index contributed by atoms with van der Waals surface area (Å²) in [6, 6.07) is 10.8. The minimum atomic E-state index is -0.383. The molecule has 1 aromatic carbocycles. The van der Waals surface area contributed by atoms with Gasteiger partial charge < -0.3 is 15.2 Å². The number of hydrogen-bond acceptors (Lipinski definition) is 5. The number of rotatable bonds is 4. The first kappa shape index (κ1) is 21.3. The molecule has 0 spiro atoms. The minimum absolute atomic E-state index is 0.0587. The van der Waals surface area contributed by atoms with E-state index >= 15 is 0 Å². The van der Waals surface area contributed by atoms with Crippen molar-refractivity contribution in [3.8, 4) is 0 Å². The number of pyridine rings is 2. The third-order valence-corrected chi connectivity index (χ3v) is 8.18. The molecule has 3 atom stereocenters. The normalized spacial score (nSPS) is 26.5. The zero-order valence-corrected chi connectivity index (χ0v) is 19.2. The van der Waals surface area contributed by atoms with E-state index in [9.17, 15) is 14.0 Å². The number of nitrogens with one attached hydrogen (secondary N) is 2. The number of fused-ring (bicyclic) bond motifs is 2. The van der Waals surface area contributed by atoms with E-state index in [4.69, 9.17) is 0 Å². The highest BCUT2D eigenvalue weighted by Crippen LogP contribution is 2.65. The van der Waals surface area contributed by atoms with Crippen LogP contribution < -0.4 is 15.8 Å². The van der Waals surface area contributed by atoms with Gasteiger partial charge in [0, 0.05) is 55.8 Å². The second-order valence-corrected chi connectivity index (χ2v) is 9.82. The number of carbonyl (C=O) groups excluding carboxylic acids is 1. The number of aromatic nitrogens is 2. The third-order valence-electron chi connectivity index (χ3n) is 8.18. The minimum Gasteiger partial charge on any atom is -0.368 e. The monoisotopic (exact) mass is 461 g/mol. The molecular formula is C26H28FN5O2. The Morgan fingerprint density at radius 3 is 2.71 bits per heavy atom. The first-order chi connectivity index (χ1) is 16.5. The van der Waals surface area contributed by atoms with E-state index in [1.54, 1.807) is 25.4 Å². The molecule has 1 saturated heterocycles. The highest BCUT2D eigenvalue weighted by atomic mass is 19.1. The van der Waals surface area contributed by atoms with Gasteiger partial charge in [-0.3, -0.25) is 14.5 Å². The summed E-state index contributed by atoms with van der Waals surface area (Å²) < 4.78 is 13.6. The largest absolute Gasteiger partial charge is 0.368 e. The Hall–Kier alpha value is -3.26. The standard InChI is InChI=1S/C26H28FN5O2/c1-28-25(34)21-5-4-18(15-29-21)31-8-10-32(11-9-31)22-6-7-26(14-20(22)26)23-12-16-2-3-17(27)13-19(16)24(33)30-23/h2-5,12-13,15,20,22H,6-11,14H2,1H3,(H,28,34)(H,30,33)/t20-,22-,26?/m0/s1. The fourth-order valence-corrected chi connectivity index (χ4v) is 6.26. The zero-order valence-electron chi connectivity index (χ0n) is 19.2. The summed E-state index contributed by atoms with van der Waals surface area (Å²) in [7, 11) is 1.60. The van der Waals surface area contributed by atoms with Crippen molar-refractivity contribution in [2.75, 3.05) is 38.1 Å². The van der Waals surface area contributed by atoms with Crippen LogP contribution in [-0.4, -0.2) is 60.0 Å². The number of benzene rings is 1. The van der Waals surface area contributed by atoms with Crippen molar-refractivity contribution < 1.29 is 9.18 Å². The van der Waals surface area contributed by atoms with Gasteiger partial charge in [-0.05, 0) is 60.9 Å². The Morgan fingerprint density at radius 1 is 1.18 bits per heavy atom. The predicted octanol–water partition coefficient (Wildman–Crippen LogP) is 2.66. The van der Waals surface area contributed by atoms with Crippen molar-refractivity contribution in [2.45, 2.75) is 30.7 Å². The molecular weight excluding hydrogens is 433 g/mol. The van der Waals surface area contributed by atoms with E-state index in [1.807, 2.05) is 6.07 Å². The van der Waals surface area contributed by atoms with E-state index in [2.05, 4.69) is 31.2 Å². The number of hydrogen-bond donors (Lipinski definition) is 2. The van der Waals surface area contributed by atoms with Gasteiger partial charge in [0.15, 0.2) is 0 Å². The lowest BCUT2D eigenvalue weighted by molar-refractivity contribution is 0.0958. The van der Waals surface area contributed by atoms with Gasteiger partial charge in [-0.2, -0.15) is 0 Å². The topological polar surface area (TPSA) is 81.3 Å². The smallest absolute Gasteiger partial charge is 0.269 e. The van der Waals surface area contributed by atoms with Crippen LogP contribution in [0.1, 0.15) is 35.4 Å². The Morgan fingerprint density at radius 2 is 2.00 bits per heavy atom. The quantitative estimate of drug-likeness (QED) is 0.625. The average molecular weight is 462 g/mol. The van der Waals surface area contributed by atoms with Gasteiger partial charge >= 0.3 is 0 Å². The van der Waals surface area contributed by atoms with E-state index in [0.29, 0.717) is 23.0 Å². The molecule has 2 aliphatic carbocycles. The van der Waals surface area contributed by atoms with Crippen LogP contribution in [0.2, 0.25) is 0 Å². The van der Waals surface area contributed by atoms with Crippen LogP contribution in [0.25, 0.3) is 10.8 Å². The molecule has 2 N–H and O–H groups in total. The lowest BCUT2D eigenvalue weighted by Gasteiger charge is -2.39. The molecule has 1 unspecified atom stereocenters. The summed E-state index contributed by atoms with van der Waals surface area (Å²) in [4.78, 5) is 36.7. The van der Waals surface area contributed by atoms with E-state index < -0.39 is 0 Å². The van der Waals surface area contributed by atoms with E-state index in [0.717, 1.165) is 62.2 Å². The molecule has 3 aromatic rings. The number of anilines is 1. The lowest BCUT2D eigenvalue weighted by atomic mass is 9.97. The maximum atomic E-state index is 13.6. The molecule has 1 aliphatic heterocycles. The third kappa shape index (κ3) is 3.39. The summed E-state index contributed by atoms with van der Waals surface area (Å²) in [6.45, 7) is 3.83. The predicted molar refractivity (Wildman–Crippen MR) is 129 cm³/mol. The highest BCUT2D eigenvalue weighted by Gasteiger charge is 2.64. The van der Waals surface area contributed by atoms with Crippen LogP contribution >= 0.6 is 0 Å². The molecule has 8 heteroatoms. The van der Waals surface area contributed by atoms with Crippen molar-refractivity contribution in [1.29, 1.82) is 0 Å². The van der Waals surface area contributed by atoms with Gasteiger partial charge in [0.05, 0.1) is 11.9 Å². The van der Waals surface area contributed by atoms with E-state index in [1.165, 1.54) is 12.1 Å². The van der Waals surface area contributed by atoms with Gasteiger partial charge in [0.25, 0.3) is 11.5 Å². The first-order valence-corrected chi connectivity index (χ1v) is 12.0. The van der Waals surface area contributed by atoms with Crippen LogP contribution in [0.4, 0.5) is 10.1 Å². The molecule has 7 nitrogen and oxygen atoms in total. The summed E-state index contributed by atoms with van der Waals surface area (Å²) >= 11 is 0. The number of piperazine rings is 1. The maximum Gasteiger partial charge on any atom is 0.269 e. The number of halogens is 1. The van der Waals surface area contributed by atoms with Crippen LogP contribution in [0.15, 0.2) is 47.4 Å². The molecule has 3 aliphatic rings. The van der Waals surface area contributed by atoms with Crippen LogP contribution in [0.5, 0.6) is 0 Å². The first-order valence-electron chi connectivity index (χ1n) is 12.0. The summed E-state index contributed by atoms with van der Waals surface area (Å²) in [5, 5.41) is 3.83. The molecule has 176 valence electrons. The van der Waals surface area contributed by atoms with Crippen molar-refractivity contribution in [1.82, 2.24) is 20.2 Å². The Bertz CT molecular complexity index is 1320. The Labute approximate surface area is 197 Å². The van der Waals surface area contributed by atoms with Crippen molar-refractivity contribution in [3.63, 3.8) is 0 Å². The molecule has 0 radical (unpaired) electrons. The van der Waals surface area contributed by atoms with Crippen LogP contribution in [0, 0.1) is 11.7 Å². The molecule has 3 heterocycles. The molecule has 2 saturated carbocycles. The molecule has 2 aromatic heterocycles. The summed E-state index contributed by atoms with van der Waals surface area (Å²) in [5.41, 5.74) is 2.36. The number of carbonyl (C=O) groups is 1. The molecule has 1 amide bonds. The highest BCUT2D eigenvalue weighted by molar-refractivity contribution is 5.92. The van der Waals surface area contributed by atoms with Gasteiger partial charge in [-0.15, -0.1) is 0 Å². The maximum absolute atomic E-state index is 13.6. The number of aromatic amines is 1. The molecule has 3 fully saturated rings.